The lowest BCUT2D eigenvalue weighted by Gasteiger charge is -2.28. The molecule has 22 heavy (non-hydrogen) atoms. The van der Waals surface area contributed by atoms with Crippen molar-refractivity contribution in [2.75, 3.05) is 33.9 Å². The van der Waals surface area contributed by atoms with Crippen molar-refractivity contribution in [1.82, 2.24) is 10.2 Å². The first-order valence-electron chi connectivity index (χ1n) is 7.45. The summed E-state index contributed by atoms with van der Waals surface area (Å²) in [5.41, 5.74) is 0.646. The number of rotatable bonds is 6. The molecule has 124 valence electrons. The highest BCUT2D eigenvalue weighted by Gasteiger charge is 2.27. The maximum absolute atomic E-state index is 12.8. The van der Waals surface area contributed by atoms with Gasteiger partial charge in [-0.2, -0.15) is 0 Å². The lowest BCUT2D eigenvalue weighted by molar-refractivity contribution is 0.0692. The van der Waals surface area contributed by atoms with E-state index < -0.39 is 0 Å². The number of hydrogen-bond acceptors (Lipinski definition) is 4. The Labute approximate surface area is 138 Å². The van der Waals surface area contributed by atoms with Crippen LogP contribution in [0.2, 0.25) is 0 Å². The summed E-state index contributed by atoms with van der Waals surface area (Å²) in [6.07, 6.45) is 1.97. The Morgan fingerprint density at radius 2 is 2.05 bits per heavy atom. The molecule has 1 N–H and O–H groups in total. The minimum atomic E-state index is 0. The van der Waals surface area contributed by atoms with Crippen LogP contribution in [0.1, 0.15) is 30.1 Å². The Kier molecular flexibility index (Phi) is 7.48. The van der Waals surface area contributed by atoms with Gasteiger partial charge in [0.05, 0.1) is 14.2 Å². The Morgan fingerprint density at radius 3 is 2.59 bits per heavy atom. The predicted molar refractivity (Wildman–Crippen MR) is 89.4 cm³/mol. The van der Waals surface area contributed by atoms with E-state index >= 15 is 0 Å². The van der Waals surface area contributed by atoms with Gasteiger partial charge in [0.25, 0.3) is 5.91 Å². The van der Waals surface area contributed by atoms with Crippen LogP contribution >= 0.6 is 12.4 Å². The third-order valence-corrected chi connectivity index (χ3v) is 3.83. The van der Waals surface area contributed by atoms with Crippen molar-refractivity contribution in [3.63, 3.8) is 0 Å². The number of hydrogen-bond donors (Lipinski definition) is 1. The molecule has 0 radical (unpaired) electrons. The average molecular weight is 329 g/mol. The van der Waals surface area contributed by atoms with Crippen LogP contribution in [0.3, 0.4) is 0 Å². The van der Waals surface area contributed by atoms with Gasteiger partial charge in [-0.15, -0.1) is 12.4 Å². The predicted octanol–water partition coefficient (Wildman–Crippen LogP) is 2.34. The van der Waals surface area contributed by atoms with Gasteiger partial charge in [-0.3, -0.25) is 4.79 Å². The van der Waals surface area contributed by atoms with Gasteiger partial charge in [0.2, 0.25) is 0 Å². The summed E-state index contributed by atoms with van der Waals surface area (Å²) in [6, 6.07) is 5.62. The van der Waals surface area contributed by atoms with Crippen LogP contribution in [-0.4, -0.2) is 50.7 Å². The van der Waals surface area contributed by atoms with Gasteiger partial charge >= 0.3 is 0 Å². The average Bonchev–Trinajstić information content (AvgIpc) is 3.05. The molecular weight excluding hydrogens is 304 g/mol. The number of carbonyl (C=O) groups is 1. The van der Waals surface area contributed by atoms with Crippen molar-refractivity contribution in [3.05, 3.63) is 23.8 Å². The monoisotopic (exact) mass is 328 g/mol. The summed E-state index contributed by atoms with van der Waals surface area (Å²) >= 11 is 0. The number of nitrogens with zero attached hydrogens (tertiary/aromatic N) is 1. The van der Waals surface area contributed by atoms with E-state index in [4.69, 9.17) is 9.47 Å². The number of ether oxygens (including phenoxy) is 2. The molecule has 5 nitrogen and oxygen atoms in total. The third-order valence-electron chi connectivity index (χ3n) is 3.83. The van der Waals surface area contributed by atoms with Gasteiger partial charge in [-0.1, -0.05) is 6.92 Å². The second-order valence-corrected chi connectivity index (χ2v) is 5.21. The van der Waals surface area contributed by atoms with Gasteiger partial charge in [0.1, 0.15) is 0 Å². The van der Waals surface area contributed by atoms with E-state index in [2.05, 4.69) is 12.2 Å². The van der Waals surface area contributed by atoms with Gasteiger partial charge < -0.3 is 19.7 Å². The number of benzene rings is 1. The first kappa shape index (κ1) is 18.6. The molecule has 1 heterocycles. The van der Waals surface area contributed by atoms with E-state index in [1.54, 1.807) is 32.4 Å². The lowest BCUT2D eigenvalue weighted by Crippen LogP contribution is -2.42. The molecule has 1 aromatic carbocycles. The van der Waals surface area contributed by atoms with Crippen LogP contribution in [0.4, 0.5) is 0 Å². The molecule has 0 aliphatic carbocycles. The van der Waals surface area contributed by atoms with Crippen molar-refractivity contribution < 1.29 is 14.3 Å². The fourth-order valence-corrected chi connectivity index (χ4v) is 2.73. The minimum Gasteiger partial charge on any atom is -0.493 e. The second kappa shape index (κ2) is 8.86. The molecule has 2 rings (SSSR count). The highest BCUT2D eigenvalue weighted by atomic mass is 35.5. The van der Waals surface area contributed by atoms with Crippen LogP contribution in [0.15, 0.2) is 18.2 Å². The molecular formula is C16H25ClN2O3. The van der Waals surface area contributed by atoms with Crippen molar-refractivity contribution in [2.24, 2.45) is 0 Å². The SMILES string of the molecule is CCCN(C(=O)c1ccc(OC)c(OC)c1)C1CCNC1.Cl. The Hall–Kier alpha value is -1.46. The number of methoxy groups -OCH3 is 2. The zero-order valence-electron chi connectivity index (χ0n) is 13.4. The minimum absolute atomic E-state index is 0. The van der Waals surface area contributed by atoms with Gasteiger partial charge in [0, 0.05) is 24.7 Å². The van der Waals surface area contributed by atoms with Crippen LogP contribution < -0.4 is 14.8 Å². The molecule has 1 amide bonds. The standard InChI is InChI=1S/C16H24N2O3.ClH/c1-4-9-18(13-7-8-17-11-13)16(19)12-5-6-14(20-2)15(10-12)21-3;/h5-6,10,13,17H,4,7-9,11H2,1-3H3;1H. The highest BCUT2D eigenvalue weighted by Crippen LogP contribution is 2.28. The summed E-state index contributed by atoms with van der Waals surface area (Å²) in [7, 11) is 3.17. The molecule has 6 heteroatoms. The van der Waals surface area contributed by atoms with Crippen molar-refractivity contribution in [3.8, 4) is 11.5 Å². The molecule has 1 atom stereocenters. The van der Waals surface area contributed by atoms with Crippen LogP contribution in [-0.2, 0) is 0 Å². The molecule has 0 aromatic heterocycles. The summed E-state index contributed by atoms with van der Waals surface area (Å²) in [6.45, 7) is 4.72. The van der Waals surface area contributed by atoms with E-state index in [0.29, 0.717) is 17.1 Å². The Morgan fingerprint density at radius 1 is 1.32 bits per heavy atom. The number of nitrogens with one attached hydrogen (secondary N) is 1. The Balaban J connectivity index is 0.00000242. The van der Waals surface area contributed by atoms with E-state index in [0.717, 1.165) is 32.5 Å². The van der Waals surface area contributed by atoms with Crippen LogP contribution in [0.5, 0.6) is 11.5 Å². The molecule has 1 aliphatic rings. The van der Waals surface area contributed by atoms with E-state index in [1.807, 2.05) is 4.90 Å². The van der Waals surface area contributed by atoms with Gasteiger partial charge in [-0.25, -0.2) is 0 Å². The number of halogens is 1. The third kappa shape index (κ3) is 4.05. The molecule has 0 spiro atoms. The van der Waals surface area contributed by atoms with E-state index in [-0.39, 0.29) is 24.4 Å². The molecule has 1 aromatic rings. The zero-order valence-corrected chi connectivity index (χ0v) is 14.2. The maximum atomic E-state index is 12.8. The Bertz CT molecular complexity index is 490. The summed E-state index contributed by atoms with van der Waals surface area (Å²) in [4.78, 5) is 14.8. The number of amides is 1. The molecule has 0 saturated carbocycles. The first-order chi connectivity index (χ1) is 10.2. The lowest BCUT2D eigenvalue weighted by atomic mass is 10.1. The smallest absolute Gasteiger partial charge is 0.254 e. The summed E-state index contributed by atoms with van der Waals surface area (Å²) in [5, 5.41) is 3.32. The topological polar surface area (TPSA) is 50.8 Å². The van der Waals surface area contributed by atoms with Crippen molar-refractivity contribution in [2.45, 2.75) is 25.8 Å². The van der Waals surface area contributed by atoms with E-state index in [1.165, 1.54) is 0 Å². The zero-order chi connectivity index (χ0) is 15.2. The van der Waals surface area contributed by atoms with Crippen LogP contribution in [0.25, 0.3) is 0 Å². The number of carbonyl (C=O) groups excluding carboxylic acids is 1. The largest absolute Gasteiger partial charge is 0.493 e. The molecule has 1 fully saturated rings. The van der Waals surface area contributed by atoms with Crippen molar-refractivity contribution >= 4 is 18.3 Å². The first-order valence-corrected chi connectivity index (χ1v) is 7.45. The highest BCUT2D eigenvalue weighted by molar-refractivity contribution is 5.95. The molecule has 0 bridgehead atoms. The normalized spacial score (nSPS) is 16.8. The van der Waals surface area contributed by atoms with Gasteiger partial charge in [0.15, 0.2) is 11.5 Å². The fourth-order valence-electron chi connectivity index (χ4n) is 2.73. The maximum Gasteiger partial charge on any atom is 0.254 e. The molecule has 1 aliphatic heterocycles. The second-order valence-electron chi connectivity index (χ2n) is 5.21. The summed E-state index contributed by atoms with van der Waals surface area (Å²) < 4.78 is 10.5. The van der Waals surface area contributed by atoms with Crippen molar-refractivity contribution in [1.29, 1.82) is 0 Å². The fraction of sp³-hybridized carbons (Fsp3) is 0.562. The summed E-state index contributed by atoms with van der Waals surface area (Å²) in [5.74, 6) is 1.29. The van der Waals surface area contributed by atoms with Gasteiger partial charge in [-0.05, 0) is 37.6 Å². The van der Waals surface area contributed by atoms with Crippen LogP contribution in [0, 0.1) is 0 Å². The quantitative estimate of drug-likeness (QED) is 0.871. The molecule has 1 saturated heterocycles. The van der Waals surface area contributed by atoms with E-state index in [9.17, 15) is 4.79 Å². The molecule has 1 unspecified atom stereocenters.